The number of amides is 1. The van der Waals surface area contributed by atoms with Gasteiger partial charge in [0.1, 0.15) is 5.69 Å². The number of benzene rings is 2. The SMILES string of the molecule is CCCN(CCCCNC(=O)c1cc2ccccc2[nH]1)CC1CC1c1cccc(Cl)c1Cl. The van der Waals surface area contributed by atoms with Crippen LogP contribution in [0.15, 0.2) is 48.5 Å². The Hall–Kier alpha value is -2.01. The fourth-order valence-corrected chi connectivity index (χ4v) is 4.98. The summed E-state index contributed by atoms with van der Waals surface area (Å²) in [6.45, 7) is 6.18. The molecule has 1 aliphatic rings. The van der Waals surface area contributed by atoms with Crippen LogP contribution in [0.1, 0.15) is 54.6 Å². The monoisotopic (exact) mass is 471 g/mol. The summed E-state index contributed by atoms with van der Waals surface area (Å²) in [5, 5.41) is 5.47. The quantitative estimate of drug-likeness (QED) is 0.313. The summed E-state index contributed by atoms with van der Waals surface area (Å²) in [6, 6.07) is 15.8. The summed E-state index contributed by atoms with van der Waals surface area (Å²) in [6.07, 6.45) is 4.37. The normalized spacial score (nSPS) is 17.8. The molecule has 0 spiro atoms. The Bertz CT molecular complexity index is 1030. The minimum absolute atomic E-state index is 0.0363. The fraction of sp³-hybridized carbons (Fsp3) is 0.423. The molecule has 1 heterocycles. The van der Waals surface area contributed by atoms with Crippen molar-refractivity contribution in [1.82, 2.24) is 15.2 Å². The molecule has 0 bridgehead atoms. The highest BCUT2D eigenvalue weighted by molar-refractivity contribution is 6.42. The number of unbranched alkanes of at least 4 members (excludes halogenated alkanes) is 1. The van der Waals surface area contributed by atoms with Crippen molar-refractivity contribution in [2.45, 2.75) is 38.5 Å². The summed E-state index contributed by atoms with van der Waals surface area (Å²) in [5.41, 5.74) is 2.81. The molecule has 2 atom stereocenters. The van der Waals surface area contributed by atoms with Gasteiger partial charge in [0.15, 0.2) is 0 Å². The lowest BCUT2D eigenvalue weighted by molar-refractivity contribution is 0.0948. The van der Waals surface area contributed by atoms with E-state index in [1.165, 1.54) is 12.0 Å². The van der Waals surface area contributed by atoms with Crippen LogP contribution >= 0.6 is 23.2 Å². The van der Waals surface area contributed by atoms with Crippen LogP contribution in [0.3, 0.4) is 0 Å². The first-order valence-corrected chi connectivity index (χ1v) is 12.3. The van der Waals surface area contributed by atoms with Gasteiger partial charge in [-0.15, -0.1) is 0 Å². The number of aromatic nitrogens is 1. The van der Waals surface area contributed by atoms with Gasteiger partial charge in [0.25, 0.3) is 5.91 Å². The molecular weight excluding hydrogens is 441 g/mol. The third-order valence-corrected chi connectivity index (χ3v) is 7.13. The van der Waals surface area contributed by atoms with E-state index in [-0.39, 0.29) is 5.91 Å². The highest BCUT2D eigenvalue weighted by Gasteiger charge is 2.40. The van der Waals surface area contributed by atoms with Gasteiger partial charge in [-0.1, -0.05) is 60.5 Å². The van der Waals surface area contributed by atoms with Crippen LogP contribution in [0.5, 0.6) is 0 Å². The molecule has 6 heteroatoms. The second kappa shape index (κ2) is 10.7. The van der Waals surface area contributed by atoms with Gasteiger partial charge in [0.05, 0.1) is 10.0 Å². The summed E-state index contributed by atoms with van der Waals surface area (Å²) in [7, 11) is 0. The molecule has 2 N–H and O–H groups in total. The fourth-order valence-electron chi connectivity index (χ4n) is 4.53. The molecule has 0 saturated heterocycles. The van der Waals surface area contributed by atoms with Crippen molar-refractivity contribution in [3.05, 3.63) is 69.8 Å². The molecular formula is C26H31Cl2N3O. The van der Waals surface area contributed by atoms with Crippen molar-refractivity contribution in [2.24, 2.45) is 5.92 Å². The summed E-state index contributed by atoms with van der Waals surface area (Å²) >= 11 is 12.6. The van der Waals surface area contributed by atoms with Crippen molar-refractivity contribution in [3.63, 3.8) is 0 Å². The van der Waals surface area contributed by atoms with E-state index in [4.69, 9.17) is 23.2 Å². The van der Waals surface area contributed by atoms with E-state index in [2.05, 4.69) is 28.2 Å². The molecule has 1 aliphatic carbocycles. The number of fused-ring (bicyclic) bond motifs is 1. The van der Waals surface area contributed by atoms with Gasteiger partial charge in [-0.25, -0.2) is 0 Å². The Balaban J connectivity index is 1.19. The maximum atomic E-state index is 12.4. The number of carbonyl (C=O) groups excluding carboxylic acids is 1. The molecule has 1 aromatic heterocycles. The van der Waals surface area contributed by atoms with Crippen molar-refractivity contribution in [3.8, 4) is 0 Å². The summed E-state index contributed by atoms with van der Waals surface area (Å²) < 4.78 is 0. The number of hydrogen-bond acceptors (Lipinski definition) is 2. The Morgan fingerprint density at radius 1 is 1.12 bits per heavy atom. The Morgan fingerprint density at radius 3 is 2.78 bits per heavy atom. The van der Waals surface area contributed by atoms with E-state index in [1.54, 1.807) is 0 Å². The van der Waals surface area contributed by atoms with Crippen molar-refractivity contribution >= 4 is 40.0 Å². The van der Waals surface area contributed by atoms with Crippen LogP contribution in [0.25, 0.3) is 10.9 Å². The average molecular weight is 472 g/mol. The van der Waals surface area contributed by atoms with E-state index in [1.807, 2.05) is 42.5 Å². The zero-order chi connectivity index (χ0) is 22.5. The second-order valence-corrected chi connectivity index (χ2v) is 9.56. The van der Waals surface area contributed by atoms with Crippen LogP contribution < -0.4 is 5.32 Å². The number of nitrogens with one attached hydrogen (secondary N) is 2. The van der Waals surface area contributed by atoms with Gasteiger partial charge in [-0.05, 0) is 74.4 Å². The standard InChI is InChI=1S/C26H31Cl2N3O/c1-2-13-31(17-19-15-21(19)20-9-7-10-22(27)25(20)28)14-6-5-12-29-26(32)24-16-18-8-3-4-11-23(18)30-24/h3-4,7-11,16,19,21,30H,2,5-6,12-15,17H2,1H3,(H,29,32). The van der Waals surface area contributed by atoms with Crippen molar-refractivity contribution in [1.29, 1.82) is 0 Å². The van der Waals surface area contributed by atoms with E-state index in [0.29, 0.717) is 29.1 Å². The third kappa shape index (κ3) is 5.67. The Morgan fingerprint density at radius 2 is 1.97 bits per heavy atom. The first kappa shape index (κ1) is 23.2. The molecule has 170 valence electrons. The van der Waals surface area contributed by atoms with Crippen LogP contribution in [0, 0.1) is 5.92 Å². The lowest BCUT2D eigenvalue weighted by Crippen LogP contribution is -2.30. The minimum atomic E-state index is -0.0363. The Labute approximate surface area is 200 Å². The maximum absolute atomic E-state index is 12.4. The molecule has 1 amide bonds. The molecule has 2 unspecified atom stereocenters. The van der Waals surface area contributed by atoms with Crippen LogP contribution in [-0.4, -0.2) is 42.0 Å². The Kier molecular flexibility index (Phi) is 7.77. The zero-order valence-electron chi connectivity index (χ0n) is 18.5. The van der Waals surface area contributed by atoms with Gasteiger partial charge in [0, 0.05) is 24.0 Å². The lowest BCUT2D eigenvalue weighted by Gasteiger charge is -2.22. The van der Waals surface area contributed by atoms with Gasteiger partial charge >= 0.3 is 0 Å². The van der Waals surface area contributed by atoms with Gasteiger partial charge in [-0.3, -0.25) is 4.79 Å². The smallest absolute Gasteiger partial charge is 0.267 e. The number of para-hydroxylation sites is 1. The predicted octanol–water partition coefficient (Wildman–Crippen LogP) is 6.50. The lowest BCUT2D eigenvalue weighted by atomic mass is 10.1. The number of rotatable bonds is 11. The van der Waals surface area contributed by atoms with Gasteiger partial charge in [0.2, 0.25) is 0 Å². The van der Waals surface area contributed by atoms with E-state index in [0.717, 1.165) is 54.8 Å². The van der Waals surface area contributed by atoms with Crippen LogP contribution in [-0.2, 0) is 0 Å². The van der Waals surface area contributed by atoms with E-state index >= 15 is 0 Å². The maximum Gasteiger partial charge on any atom is 0.267 e. The number of hydrogen-bond donors (Lipinski definition) is 2. The molecule has 4 nitrogen and oxygen atoms in total. The molecule has 0 aliphatic heterocycles. The first-order valence-electron chi connectivity index (χ1n) is 11.6. The number of halogens is 2. The molecule has 1 fully saturated rings. The van der Waals surface area contributed by atoms with E-state index < -0.39 is 0 Å². The molecule has 1 saturated carbocycles. The first-order chi connectivity index (χ1) is 15.6. The average Bonchev–Trinajstić information content (AvgIpc) is 3.40. The summed E-state index contributed by atoms with van der Waals surface area (Å²) in [4.78, 5) is 18.2. The summed E-state index contributed by atoms with van der Waals surface area (Å²) in [5.74, 6) is 1.14. The van der Waals surface area contributed by atoms with Crippen LogP contribution in [0.2, 0.25) is 10.0 Å². The highest BCUT2D eigenvalue weighted by atomic mass is 35.5. The predicted molar refractivity (Wildman–Crippen MR) is 134 cm³/mol. The molecule has 4 rings (SSSR count). The highest BCUT2D eigenvalue weighted by Crippen LogP contribution is 2.50. The second-order valence-electron chi connectivity index (χ2n) is 8.78. The zero-order valence-corrected chi connectivity index (χ0v) is 20.1. The van der Waals surface area contributed by atoms with Crippen molar-refractivity contribution in [2.75, 3.05) is 26.2 Å². The molecule has 0 radical (unpaired) electrons. The number of aromatic amines is 1. The van der Waals surface area contributed by atoms with Crippen LogP contribution in [0.4, 0.5) is 0 Å². The van der Waals surface area contributed by atoms with Gasteiger partial charge < -0.3 is 15.2 Å². The largest absolute Gasteiger partial charge is 0.351 e. The third-order valence-electron chi connectivity index (χ3n) is 6.30. The van der Waals surface area contributed by atoms with Crippen molar-refractivity contribution < 1.29 is 4.79 Å². The topological polar surface area (TPSA) is 48.1 Å². The molecule has 2 aromatic carbocycles. The molecule has 3 aromatic rings. The van der Waals surface area contributed by atoms with Gasteiger partial charge in [-0.2, -0.15) is 0 Å². The number of H-pyrrole nitrogens is 1. The number of nitrogens with zero attached hydrogens (tertiary/aromatic N) is 1. The van der Waals surface area contributed by atoms with E-state index in [9.17, 15) is 4.79 Å². The number of carbonyl (C=O) groups is 1. The molecule has 32 heavy (non-hydrogen) atoms. The minimum Gasteiger partial charge on any atom is -0.351 e.